The fourth-order valence-corrected chi connectivity index (χ4v) is 2.46. The second-order valence-corrected chi connectivity index (χ2v) is 6.08. The molecule has 2 N–H and O–H groups in total. The van der Waals surface area contributed by atoms with Gasteiger partial charge in [-0.2, -0.15) is 0 Å². The van der Waals surface area contributed by atoms with Crippen molar-refractivity contribution in [2.24, 2.45) is 5.92 Å². The Labute approximate surface area is 138 Å². The summed E-state index contributed by atoms with van der Waals surface area (Å²) in [6, 6.07) is 4.80. The first-order valence-electron chi connectivity index (χ1n) is 7.41. The molecule has 3 rings (SSSR count). The van der Waals surface area contributed by atoms with Crippen LogP contribution in [0, 0.1) is 5.92 Å². The van der Waals surface area contributed by atoms with Gasteiger partial charge in [0.05, 0.1) is 11.1 Å². The lowest BCUT2D eigenvalue weighted by Crippen LogP contribution is -2.38. The van der Waals surface area contributed by atoms with Gasteiger partial charge in [0.1, 0.15) is 0 Å². The molecule has 0 spiro atoms. The zero-order chi connectivity index (χ0) is 16.4. The fourth-order valence-electron chi connectivity index (χ4n) is 2.25. The Morgan fingerprint density at radius 3 is 3.04 bits per heavy atom. The number of carbonyl (C=O) groups is 1. The van der Waals surface area contributed by atoms with E-state index in [9.17, 15) is 9.90 Å². The average Bonchev–Trinajstić information content (AvgIpc) is 3.28. The molecule has 2 heterocycles. The van der Waals surface area contributed by atoms with E-state index in [-0.39, 0.29) is 6.03 Å². The number of rotatable bonds is 5. The summed E-state index contributed by atoms with van der Waals surface area (Å²) < 4.78 is 1.50. The van der Waals surface area contributed by atoms with E-state index in [1.54, 1.807) is 37.6 Å². The van der Waals surface area contributed by atoms with E-state index < -0.39 is 6.10 Å². The molecule has 122 valence electrons. The zero-order valence-corrected chi connectivity index (χ0v) is 13.4. The van der Waals surface area contributed by atoms with E-state index in [1.165, 1.54) is 9.58 Å². The molecule has 0 aromatic carbocycles. The molecule has 1 fully saturated rings. The van der Waals surface area contributed by atoms with E-state index in [4.69, 9.17) is 11.6 Å². The lowest BCUT2D eigenvalue weighted by atomic mass is 10.2. The Hall–Kier alpha value is -2.12. The van der Waals surface area contributed by atoms with Crippen molar-refractivity contribution in [1.29, 1.82) is 0 Å². The van der Waals surface area contributed by atoms with Crippen LogP contribution in [0.15, 0.2) is 30.6 Å². The van der Waals surface area contributed by atoms with Crippen molar-refractivity contribution in [3.63, 3.8) is 0 Å². The number of aliphatic hydroxyl groups excluding tert-OH is 1. The molecular weight excluding hydrogens is 318 g/mol. The monoisotopic (exact) mass is 335 g/mol. The first-order chi connectivity index (χ1) is 11.0. The minimum atomic E-state index is -0.462. The number of aromatic nitrogens is 3. The number of nitrogens with one attached hydrogen (secondary N) is 1. The molecule has 0 radical (unpaired) electrons. The summed E-state index contributed by atoms with van der Waals surface area (Å²) in [5.74, 6) is 1.22. The fraction of sp³-hybridized carbons (Fsp3) is 0.400. The first kappa shape index (κ1) is 15.8. The Balaban J connectivity index is 1.62. The first-order valence-corrected chi connectivity index (χ1v) is 7.79. The van der Waals surface area contributed by atoms with E-state index >= 15 is 0 Å². The summed E-state index contributed by atoms with van der Waals surface area (Å²) >= 11 is 6.07. The van der Waals surface area contributed by atoms with Crippen molar-refractivity contribution in [2.75, 3.05) is 18.9 Å². The third-order valence-corrected chi connectivity index (χ3v) is 4.05. The SMILES string of the molecule is CN(CC(O)C1CC1)C(=O)Nc1ccn(-c2ncccc2Cl)n1. The molecule has 1 aliphatic carbocycles. The van der Waals surface area contributed by atoms with Gasteiger partial charge in [0, 0.05) is 32.1 Å². The number of anilines is 1. The molecule has 1 unspecified atom stereocenters. The van der Waals surface area contributed by atoms with Gasteiger partial charge in [0.2, 0.25) is 0 Å². The summed E-state index contributed by atoms with van der Waals surface area (Å²) in [5, 5.41) is 17.3. The van der Waals surface area contributed by atoms with Crippen LogP contribution in [0.3, 0.4) is 0 Å². The van der Waals surface area contributed by atoms with Gasteiger partial charge >= 0.3 is 6.03 Å². The number of hydrogen-bond acceptors (Lipinski definition) is 4. The number of hydrogen-bond donors (Lipinski definition) is 2. The minimum Gasteiger partial charge on any atom is -0.391 e. The maximum Gasteiger partial charge on any atom is 0.322 e. The third kappa shape index (κ3) is 3.80. The Morgan fingerprint density at radius 1 is 1.57 bits per heavy atom. The zero-order valence-electron chi connectivity index (χ0n) is 12.7. The van der Waals surface area contributed by atoms with E-state index in [1.807, 2.05) is 0 Å². The minimum absolute atomic E-state index is 0.309. The molecular formula is C15H18ClN5O2. The highest BCUT2D eigenvalue weighted by molar-refractivity contribution is 6.32. The largest absolute Gasteiger partial charge is 0.391 e. The molecule has 8 heteroatoms. The Bertz CT molecular complexity index is 701. The van der Waals surface area contributed by atoms with Crippen LogP contribution in [0.25, 0.3) is 5.82 Å². The second-order valence-electron chi connectivity index (χ2n) is 5.67. The number of urea groups is 1. The quantitative estimate of drug-likeness (QED) is 0.877. The summed E-state index contributed by atoms with van der Waals surface area (Å²) in [7, 11) is 1.65. The molecule has 2 aromatic heterocycles. The molecule has 0 saturated heterocycles. The van der Waals surface area contributed by atoms with Gasteiger partial charge in [-0.15, -0.1) is 5.10 Å². The maximum absolute atomic E-state index is 12.1. The van der Waals surface area contributed by atoms with Crippen LogP contribution in [0.4, 0.5) is 10.6 Å². The van der Waals surface area contributed by atoms with Gasteiger partial charge < -0.3 is 10.0 Å². The van der Waals surface area contributed by atoms with E-state index in [0.29, 0.717) is 29.1 Å². The highest BCUT2D eigenvalue weighted by Crippen LogP contribution is 2.32. The number of pyridine rings is 1. The number of carbonyl (C=O) groups excluding carboxylic acids is 1. The Kier molecular flexibility index (Phi) is 4.49. The molecule has 0 bridgehead atoms. The second kappa shape index (κ2) is 6.55. The molecule has 0 aliphatic heterocycles. The normalized spacial score (nSPS) is 15.3. The predicted molar refractivity (Wildman–Crippen MR) is 86.7 cm³/mol. The average molecular weight is 336 g/mol. The number of likely N-dealkylation sites (N-methyl/N-ethyl adjacent to an activating group) is 1. The number of amides is 2. The molecule has 1 aliphatic rings. The van der Waals surface area contributed by atoms with Crippen LogP contribution in [0.1, 0.15) is 12.8 Å². The predicted octanol–water partition coefficient (Wildman–Crippen LogP) is 2.16. The van der Waals surface area contributed by atoms with Gasteiger partial charge in [0.15, 0.2) is 11.6 Å². The van der Waals surface area contributed by atoms with E-state index in [0.717, 1.165) is 12.8 Å². The van der Waals surface area contributed by atoms with Crippen LogP contribution in [-0.2, 0) is 0 Å². The highest BCUT2D eigenvalue weighted by Gasteiger charge is 2.31. The van der Waals surface area contributed by atoms with Gasteiger partial charge in [-0.1, -0.05) is 11.6 Å². The summed E-state index contributed by atoms with van der Waals surface area (Å²) in [5.41, 5.74) is 0. The molecule has 7 nitrogen and oxygen atoms in total. The topological polar surface area (TPSA) is 83.3 Å². The molecule has 23 heavy (non-hydrogen) atoms. The van der Waals surface area contributed by atoms with Gasteiger partial charge in [-0.3, -0.25) is 5.32 Å². The van der Waals surface area contributed by atoms with Crippen LogP contribution in [0.5, 0.6) is 0 Å². The van der Waals surface area contributed by atoms with Crippen molar-refractivity contribution in [3.8, 4) is 5.82 Å². The standard InChI is InChI=1S/C15H18ClN5O2/c1-20(9-12(22)10-4-5-10)15(23)18-13-6-8-21(19-13)14-11(16)3-2-7-17-14/h2-3,6-8,10,12,22H,4-5,9H2,1H3,(H,18,19,23). The summed E-state index contributed by atoms with van der Waals surface area (Å²) in [4.78, 5) is 17.7. The molecule has 1 saturated carbocycles. The van der Waals surface area contributed by atoms with E-state index in [2.05, 4.69) is 15.4 Å². The van der Waals surface area contributed by atoms with Crippen LogP contribution >= 0.6 is 11.6 Å². The lowest BCUT2D eigenvalue weighted by molar-refractivity contribution is 0.117. The maximum atomic E-state index is 12.1. The molecule has 2 aromatic rings. The Morgan fingerprint density at radius 2 is 2.35 bits per heavy atom. The van der Waals surface area contributed by atoms with Gasteiger partial charge in [-0.25, -0.2) is 14.5 Å². The van der Waals surface area contributed by atoms with Crippen molar-refractivity contribution < 1.29 is 9.90 Å². The number of halogens is 1. The molecule has 2 amide bonds. The van der Waals surface area contributed by atoms with Crippen molar-refractivity contribution in [2.45, 2.75) is 18.9 Å². The molecule has 1 atom stereocenters. The van der Waals surface area contributed by atoms with Crippen molar-refractivity contribution >= 4 is 23.4 Å². The summed E-state index contributed by atoms with van der Waals surface area (Å²) in [6.07, 6.45) is 4.89. The number of nitrogens with zero attached hydrogens (tertiary/aromatic N) is 4. The van der Waals surface area contributed by atoms with Crippen molar-refractivity contribution in [3.05, 3.63) is 35.6 Å². The van der Waals surface area contributed by atoms with Crippen LogP contribution in [-0.4, -0.2) is 50.5 Å². The van der Waals surface area contributed by atoms with Gasteiger partial charge in [0.25, 0.3) is 0 Å². The van der Waals surface area contributed by atoms with Gasteiger partial charge in [-0.05, 0) is 30.9 Å². The smallest absolute Gasteiger partial charge is 0.322 e. The van der Waals surface area contributed by atoms with Crippen LogP contribution < -0.4 is 5.32 Å². The lowest BCUT2D eigenvalue weighted by Gasteiger charge is -2.20. The van der Waals surface area contributed by atoms with Crippen molar-refractivity contribution in [1.82, 2.24) is 19.7 Å². The number of aliphatic hydroxyl groups is 1. The van der Waals surface area contributed by atoms with Crippen LogP contribution in [0.2, 0.25) is 5.02 Å². The highest BCUT2D eigenvalue weighted by atomic mass is 35.5. The summed E-state index contributed by atoms with van der Waals surface area (Å²) in [6.45, 7) is 0.309. The third-order valence-electron chi connectivity index (χ3n) is 3.75.